The number of amides is 3. The molecule has 3 heterocycles. The Hall–Kier alpha value is -3.24. The number of hydrogen-bond donors (Lipinski definition) is 1. The van der Waals surface area contributed by atoms with Gasteiger partial charge in [-0.1, -0.05) is 0 Å². The number of halogens is 3. The van der Waals surface area contributed by atoms with Gasteiger partial charge in [-0.15, -0.1) is 0 Å². The monoisotopic (exact) mass is 437 g/mol. The summed E-state index contributed by atoms with van der Waals surface area (Å²) in [5.74, 6) is -4.40. The van der Waals surface area contributed by atoms with Crippen LogP contribution in [0.25, 0.3) is 0 Å². The lowest BCUT2D eigenvalue weighted by atomic mass is 10.0. The van der Waals surface area contributed by atoms with E-state index in [1.807, 2.05) is 20.8 Å². The number of cyclic esters (lactones) is 1. The average molecular weight is 437 g/mol. The minimum Gasteiger partial charge on any atom is -0.441 e. The van der Waals surface area contributed by atoms with Crippen molar-refractivity contribution in [1.29, 1.82) is 0 Å². The topological polar surface area (TPSA) is 79.7 Å². The van der Waals surface area contributed by atoms with Crippen molar-refractivity contribution in [2.24, 2.45) is 0 Å². The molecule has 2 aliphatic heterocycles. The van der Waals surface area contributed by atoms with Crippen molar-refractivity contribution in [3.05, 3.63) is 41.5 Å². The summed E-state index contributed by atoms with van der Waals surface area (Å²) in [6.45, 7) is 7.75. The van der Waals surface area contributed by atoms with Gasteiger partial charge < -0.3 is 15.0 Å². The molecule has 0 bridgehead atoms. The number of aromatic nitrogens is 2. The summed E-state index contributed by atoms with van der Waals surface area (Å²) in [6, 6.07) is 0.249. The molecule has 1 aromatic heterocycles. The van der Waals surface area contributed by atoms with E-state index < -0.39 is 35.2 Å². The zero-order valence-electron chi connectivity index (χ0n) is 17.4. The van der Waals surface area contributed by atoms with Gasteiger partial charge in [0.25, 0.3) is 0 Å². The van der Waals surface area contributed by atoms with Crippen LogP contribution >= 0.6 is 0 Å². The lowest BCUT2D eigenvalue weighted by Gasteiger charge is -2.35. The van der Waals surface area contributed by atoms with E-state index in [1.165, 1.54) is 9.80 Å². The van der Waals surface area contributed by atoms with Gasteiger partial charge in [-0.3, -0.25) is 9.58 Å². The van der Waals surface area contributed by atoms with Crippen LogP contribution in [-0.2, 0) is 17.8 Å². The molecule has 3 amide bonds. The molecular formula is C20H22F3N5O3. The number of ether oxygens (including phenoxy) is 1. The van der Waals surface area contributed by atoms with Crippen molar-refractivity contribution in [2.75, 3.05) is 10.2 Å². The van der Waals surface area contributed by atoms with Gasteiger partial charge in [-0.2, -0.15) is 5.10 Å². The van der Waals surface area contributed by atoms with Crippen molar-refractivity contribution >= 4 is 23.5 Å². The fourth-order valence-electron chi connectivity index (χ4n) is 3.82. The van der Waals surface area contributed by atoms with Gasteiger partial charge in [-0.05, 0) is 27.7 Å². The van der Waals surface area contributed by atoms with Crippen LogP contribution < -0.4 is 10.2 Å². The third-order valence-electron chi connectivity index (χ3n) is 5.91. The van der Waals surface area contributed by atoms with Crippen molar-refractivity contribution < 1.29 is 27.5 Å². The van der Waals surface area contributed by atoms with Gasteiger partial charge in [0.05, 0.1) is 42.8 Å². The van der Waals surface area contributed by atoms with Crippen LogP contribution in [0.2, 0.25) is 0 Å². The minimum absolute atomic E-state index is 0.103. The number of anilines is 2. The first kappa shape index (κ1) is 21.0. The normalized spacial score (nSPS) is 22.4. The molecule has 166 valence electrons. The Kier molecular flexibility index (Phi) is 4.86. The number of nitrogens with zero attached hydrogens (tertiary/aromatic N) is 4. The van der Waals surface area contributed by atoms with E-state index in [2.05, 4.69) is 10.4 Å². The van der Waals surface area contributed by atoms with Gasteiger partial charge in [-0.25, -0.2) is 22.8 Å². The molecule has 0 spiro atoms. The molecule has 2 aliphatic rings. The van der Waals surface area contributed by atoms with Crippen molar-refractivity contribution in [1.82, 2.24) is 14.7 Å². The molecule has 2 atom stereocenters. The summed E-state index contributed by atoms with van der Waals surface area (Å²) in [6.07, 6.45) is 1.06. The molecule has 1 aromatic carbocycles. The number of nitrogens with one attached hydrogen (secondary N) is 1. The Labute approximate surface area is 176 Å². The van der Waals surface area contributed by atoms with E-state index in [0.29, 0.717) is 30.1 Å². The molecule has 4 rings (SSSR count). The van der Waals surface area contributed by atoms with Crippen molar-refractivity contribution in [3.8, 4) is 0 Å². The first-order chi connectivity index (χ1) is 14.5. The molecule has 0 saturated carbocycles. The fraction of sp³-hybridized carbons (Fsp3) is 0.450. The lowest BCUT2D eigenvalue weighted by Crippen LogP contribution is -2.47. The first-order valence-corrected chi connectivity index (χ1v) is 9.78. The number of hydrogen-bond acceptors (Lipinski definition) is 4. The second-order valence-corrected chi connectivity index (χ2v) is 8.34. The average Bonchev–Trinajstić information content (AvgIpc) is 3.15. The predicted octanol–water partition coefficient (Wildman–Crippen LogP) is 3.86. The van der Waals surface area contributed by atoms with Crippen LogP contribution in [0.3, 0.4) is 0 Å². The number of fused-ring (bicyclic) bond motifs is 1. The van der Waals surface area contributed by atoms with Gasteiger partial charge >= 0.3 is 12.1 Å². The Morgan fingerprint density at radius 2 is 1.87 bits per heavy atom. The molecule has 0 aliphatic carbocycles. The summed E-state index contributed by atoms with van der Waals surface area (Å²) >= 11 is 0. The maximum Gasteiger partial charge on any atom is 0.415 e. The van der Waals surface area contributed by atoms with E-state index in [1.54, 1.807) is 17.8 Å². The predicted molar refractivity (Wildman–Crippen MR) is 105 cm³/mol. The van der Waals surface area contributed by atoms with E-state index in [9.17, 15) is 22.8 Å². The third kappa shape index (κ3) is 3.47. The number of rotatable bonds is 2. The summed E-state index contributed by atoms with van der Waals surface area (Å²) in [4.78, 5) is 28.3. The van der Waals surface area contributed by atoms with Crippen molar-refractivity contribution in [2.45, 2.75) is 58.5 Å². The molecule has 1 fully saturated rings. The van der Waals surface area contributed by atoms with Crippen LogP contribution in [0.4, 0.5) is 34.1 Å². The zero-order chi connectivity index (χ0) is 22.7. The summed E-state index contributed by atoms with van der Waals surface area (Å²) in [5.41, 5.74) is 0.269. The molecule has 0 radical (unpaired) electrons. The highest BCUT2D eigenvalue weighted by atomic mass is 19.2. The maximum atomic E-state index is 13.5. The maximum absolute atomic E-state index is 13.5. The SMILES string of the molecule is C[C@H]1Cn2ncc(N3C(=O)OC(C)(C)[C@H]3C)c2CN1C(=O)Nc1cc(F)c(F)c(F)c1. The number of urea groups is 1. The largest absolute Gasteiger partial charge is 0.441 e. The Morgan fingerprint density at radius 1 is 1.23 bits per heavy atom. The van der Waals surface area contributed by atoms with Crippen LogP contribution in [0.1, 0.15) is 33.4 Å². The fourth-order valence-corrected chi connectivity index (χ4v) is 3.82. The second-order valence-electron chi connectivity index (χ2n) is 8.34. The minimum atomic E-state index is -1.60. The zero-order valence-corrected chi connectivity index (χ0v) is 17.4. The molecule has 11 heteroatoms. The van der Waals surface area contributed by atoms with E-state index >= 15 is 0 Å². The Balaban J connectivity index is 1.59. The quantitative estimate of drug-likeness (QED) is 0.724. The molecule has 2 aromatic rings. The Bertz CT molecular complexity index is 1050. The number of carbonyl (C=O) groups is 2. The van der Waals surface area contributed by atoms with Gasteiger partial charge in [0, 0.05) is 17.8 Å². The highest BCUT2D eigenvalue weighted by Crippen LogP contribution is 2.37. The van der Waals surface area contributed by atoms with E-state index in [4.69, 9.17) is 4.74 Å². The summed E-state index contributed by atoms with van der Waals surface area (Å²) < 4.78 is 47.3. The molecule has 0 unspecified atom stereocenters. The Morgan fingerprint density at radius 3 is 2.45 bits per heavy atom. The van der Waals surface area contributed by atoms with E-state index in [0.717, 1.165) is 0 Å². The highest BCUT2D eigenvalue weighted by molar-refractivity contribution is 5.92. The first-order valence-electron chi connectivity index (χ1n) is 9.78. The lowest BCUT2D eigenvalue weighted by molar-refractivity contribution is 0.0718. The van der Waals surface area contributed by atoms with Gasteiger partial charge in [0.15, 0.2) is 17.5 Å². The van der Waals surface area contributed by atoms with Crippen LogP contribution in [0.5, 0.6) is 0 Å². The van der Waals surface area contributed by atoms with Crippen LogP contribution in [-0.4, -0.2) is 44.5 Å². The van der Waals surface area contributed by atoms with Gasteiger partial charge in [0.2, 0.25) is 0 Å². The standard InChI is InChI=1S/C20H22F3N5O3/c1-10-8-27-16(15(7-24-27)28-11(2)20(3,4)31-19(28)30)9-26(10)18(29)25-12-5-13(21)17(23)14(22)6-12/h5-7,10-11H,8-9H2,1-4H3,(H,25,29)/t10-,11+/m0/s1. The summed E-state index contributed by atoms with van der Waals surface area (Å²) in [7, 11) is 0. The summed E-state index contributed by atoms with van der Waals surface area (Å²) in [5, 5.41) is 6.75. The number of benzene rings is 1. The van der Waals surface area contributed by atoms with E-state index in [-0.39, 0.29) is 24.3 Å². The van der Waals surface area contributed by atoms with Crippen molar-refractivity contribution in [3.63, 3.8) is 0 Å². The molecule has 8 nitrogen and oxygen atoms in total. The second kappa shape index (κ2) is 7.17. The smallest absolute Gasteiger partial charge is 0.415 e. The molecule has 31 heavy (non-hydrogen) atoms. The molecular weight excluding hydrogens is 415 g/mol. The van der Waals surface area contributed by atoms with Crippen LogP contribution in [0.15, 0.2) is 18.3 Å². The number of carbonyl (C=O) groups excluding carboxylic acids is 2. The third-order valence-corrected chi connectivity index (χ3v) is 5.91. The van der Waals surface area contributed by atoms with Gasteiger partial charge in [0.1, 0.15) is 5.60 Å². The highest BCUT2D eigenvalue weighted by Gasteiger charge is 2.47. The van der Waals surface area contributed by atoms with Crippen LogP contribution in [0, 0.1) is 17.5 Å². The molecule has 1 N–H and O–H groups in total. The molecule has 1 saturated heterocycles.